The molecule has 1 amide bonds. The standard InChI is InChI=1S/C22H18ClN3O3S/c1-13(27)19-3-4-20(30-19)14-8-15-9-17(29-22(15)18(23)10-14)12-26-21(28)5-2-16-11-24-6-7-25-16/h2-8,10-11,17H,9,12H2,1H3,(H,26,28). The zero-order valence-corrected chi connectivity index (χ0v) is 17.7. The molecule has 0 saturated heterocycles. The number of aromatic nitrogens is 2. The molecule has 0 spiro atoms. The zero-order valence-electron chi connectivity index (χ0n) is 16.1. The SMILES string of the molecule is CC(=O)c1ccc(-c2cc(Cl)c3c(c2)CC(CNC(=O)C=Cc2cnccn2)O3)s1. The van der Waals surface area contributed by atoms with E-state index in [0.29, 0.717) is 34.3 Å². The molecule has 1 aromatic carbocycles. The van der Waals surface area contributed by atoms with Crippen molar-refractivity contribution in [3.63, 3.8) is 0 Å². The number of benzene rings is 1. The van der Waals surface area contributed by atoms with Gasteiger partial charge < -0.3 is 10.1 Å². The number of hydrogen-bond acceptors (Lipinski definition) is 6. The van der Waals surface area contributed by atoms with Gasteiger partial charge in [0, 0.05) is 35.3 Å². The lowest BCUT2D eigenvalue weighted by atomic mass is 10.1. The molecule has 0 bridgehead atoms. The van der Waals surface area contributed by atoms with Gasteiger partial charge in [0.15, 0.2) is 5.78 Å². The number of nitrogens with one attached hydrogen (secondary N) is 1. The van der Waals surface area contributed by atoms with Crippen LogP contribution >= 0.6 is 22.9 Å². The number of thiophene rings is 1. The highest BCUT2D eigenvalue weighted by Gasteiger charge is 2.26. The van der Waals surface area contributed by atoms with Crippen LogP contribution in [0.2, 0.25) is 5.02 Å². The van der Waals surface area contributed by atoms with E-state index in [0.717, 1.165) is 16.0 Å². The van der Waals surface area contributed by atoms with Crippen LogP contribution in [0, 0.1) is 0 Å². The third kappa shape index (κ3) is 4.58. The molecule has 1 aliphatic rings. The lowest BCUT2D eigenvalue weighted by Gasteiger charge is -2.11. The molecule has 3 aromatic rings. The van der Waals surface area contributed by atoms with Gasteiger partial charge in [0.25, 0.3) is 0 Å². The van der Waals surface area contributed by atoms with Crippen molar-refractivity contribution in [2.75, 3.05) is 6.54 Å². The molecule has 8 heteroatoms. The predicted molar refractivity (Wildman–Crippen MR) is 117 cm³/mol. The summed E-state index contributed by atoms with van der Waals surface area (Å²) >= 11 is 7.88. The van der Waals surface area contributed by atoms with Crippen LogP contribution in [0.1, 0.15) is 27.9 Å². The fourth-order valence-corrected chi connectivity index (χ4v) is 4.33. The number of carbonyl (C=O) groups excluding carboxylic acids is 2. The van der Waals surface area contributed by atoms with Gasteiger partial charge in [-0.2, -0.15) is 0 Å². The molecule has 0 fully saturated rings. The normalized spacial score (nSPS) is 15.1. The van der Waals surface area contributed by atoms with Gasteiger partial charge in [-0.15, -0.1) is 11.3 Å². The molecule has 152 valence electrons. The van der Waals surface area contributed by atoms with Crippen LogP contribution in [0.3, 0.4) is 0 Å². The van der Waals surface area contributed by atoms with Gasteiger partial charge in [0.2, 0.25) is 5.91 Å². The van der Waals surface area contributed by atoms with Crippen molar-refractivity contribution >= 4 is 40.7 Å². The van der Waals surface area contributed by atoms with Crippen molar-refractivity contribution in [1.82, 2.24) is 15.3 Å². The lowest BCUT2D eigenvalue weighted by molar-refractivity contribution is -0.116. The molecule has 1 atom stereocenters. The quantitative estimate of drug-likeness (QED) is 0.460. The van der Waals surface area contributed by atoms with E-state index in [4.69, 9.17) is 16.3 Å². The van der Waals surface area contributed by atoms with Crippen LogP contribution in [-0.2, 0) is 11.2 Å². The van der Waals surface area contributed by atoms with Gasteiger partial charge in [-0.05, 0) is 42.8 Å². The Kier molecular flexibility index (Phi) is 5.92. The third-order valence-electron chi connectivity index (χ3n) is 4.58. The average molecular weight is 440 g/mol. The number of nitrogens with zero attached hydrogens (tertiary/aromatic N) is 2. The van der Waals surface area contributed by atoms with Gasteiger partial charge in [-0.25, -0.2) is 0 Å². The third-order valence-corrected chi connectivity index (χ3v) is 6.10. The lowest BCUT2D eigenvalue weighted by Crippen LogP contribution is -2.33. The highest BCUT2D eigenvalue weighted by Crippen LogP contribution is 2.41. The summed E-state index contributed by atoms with van der Waals surface area (Å²) in [6, 6.07) is 7.64. The van der Waals surface area contributed by atoms with E-state index < -0.39 is 0 Å². The number of rotatable bonds is 6. The summed E-state index contributed by atoms with van der Waals surface area (Å²) in [5.41, 5.74) is 2.55. The Balaban J connectivity index is 1.39. The molecule has 2 aromatic heterocycles. The number of amides is 1. The smallest absolute Gasteiger partial charge is 0.244 e. The summed E-state index contributed by atoms with van der Waals surface area (Å²) in [6.07, 6.45) is 8.18. The van der Waals surface area contributed by atoms with E-state index >= 15 is 0 Å². The van der Waals surface area contributed by atoms with Crippen molar-refractivity contribution in [1.29, 1.82) is 0 Å². The molecular weight excluding hydrogens is 422 g/mol. The minimum Gasteiger partial charge on any atom is -0.486 e. The molecule has 30 heavy (non-hydrogen) atoms. The Bertz CT molecular complexity index is 1130. The van der Waals surface area contributed by atoms with E-state index in [2.05, 4.69) is 15.3 Å². The van der Waals surface area contributed by atoms with Crippen molar-refractivity contribution in [2.24, 2.45) is 0 Å². The number of hydrogen-bond donors (Lipinski definition) is 1. The maximum Gasteiger partial charge on any atom is 0.244 e. The van der Waals surface area contributed by atoms with Gasteiger partial charge in [0.1, 0.15) is 11.9 Å². The summed E-state index contributed by atoms with van der Waals surface area (Å²) < 4.78 is 5.94. The van der Waals surface area contributed by atoms with E-state index in [1.165, 1.54) is 17.4 Å². The fraction of sp³-hybridized carbons (Fsp3) is 0.182. The predicted octanol–water partition coefficient (Wildman–Crippen LogP) is 4.19. The number of ether oxygens (including phenoxy) is 1. The number of Topliss-reactive ketones (excluding diaryl/α,β-unsaturated/α-hetero) is 1. The van der Waals surface area contributed by atoms with E-state index in [-0.39, 0.29) is 17.8 Å². The first-order chi connectivity index (χ1) is 14.5. The Morgan fingerprint density at radius 2 is 2.20 bits per heavy atom. The van der Waals surface area contributed by atoms with Gasteiger partial charge in [0.05, 0.1) is 28.3 Å². The summed E-state index contributed by atoms with van der Waals surface area (Å²) in [5.74, 6) is 0.464. The topological polar surface area (TPSA) is 81.2 Å². The first kappa shape index (κ1) is 20.3. The van der Waals surface area contributed by atoms with Gasteiger partial charge in [-0.1, -0.05) is 11.6 Å². The second-order valence-corrected chi connectivity index (χ2v) is 8.31. The maximum absolute atomic E-state index is 12.1. The van der Waals surface area contributed by atoms with Crippen LogP contribution in [0.25, 0.3) is 16.5 Å². The molecular formula is C22H18ClN3O3S. The molecule has 1 N–H and O–H groups in total. The summed E-state index contributed by atoms with van der Waals surface area (Å²) in [6.45, 7) is 1.91. The number of halogens is 1. The fourth-order valence-electron chi connectivity index (χ4n) is 3.16. The highest BCUT2D eigenvalue weighted by molar-refractivity contribution is 7.17. The van der Waals surface area contributed by atoms with Crippen LogP contribution in [0.4, 0.5) is 0 Å². The first-order valence-electron chi connectivity index (χ1n) is 9.32. The molecule has 1 aliphatic heterocycles. The number of ketones is 1. The largest absolute Gasteiger partial charge is 0.486 e. The minimum atomic E-state index is -0.234. The van der Waals surface area contributed by atoms with Crippen molar-refractivity contribution < 1.29 is 14.3 Å². The van der Waals surface area contributed by atoms with Crippen LogP contribution < -0.4 is 10.1 Å². The summed E-state index contributed by atoms with van der Waals surface area (Å²) in [5, 5.41) is 3.36. The minimum absolute atomic E-state index is 0.0472. The maximum atomic E-state index is 12.1. The second-order valence-electron chi connectivity index (χ2n) is 6.82. The molecule has 0 aliphatic carbocycles. The van der Waals surface area contributed by atoms with Crippen LogP contribution in [0.5, 0.6) is 5.75 Å². The molecule has 0 saturated carbocycles. The molecule has 3 heterocycles. The van der Waals surface area contributed by atoms with Gasteiger partial charge >= 0.3 is 0 Å². The Morgan fingerprint density at radius 1 is 1.33 bits per heavy atom. The number of fused-ring (bicyclic) bond motifs is 1. The van der Waals surface area contributed by atoms with Gasteiger partial charge in [-0.3, -0.25) is 19.6 Å². The summed E-state index contributed by atoms with van der Waals surface area (Å²) in [4.78, 5) is 33.3. The van der Waals surface area contributed by atoms with Crippen molar-refractivity contribution in [3.8, 4) is 16.2 Å². The molecule has 4 rings (SSSR count). The number of carbonyl (C=O) groups is 2. The monoisotopic (exact) mass is 439 g/mol. The molecule has 0 radical (unpaired) electrons. The van der Waals surface area contributed by atoms with Crippen molar-refractivity contribution in [3.05, 3.63) is 70.1 Å². The Morgan fingerprint density at radius 3 is 2.93 bits per heavy atom. The Hall–Kier alpha value is -3.03. The molecule has 1 unspecified atom stereocenters. The van der Waals surface area contributed by atoms with Crippen LogP contribution in [0.15, 0.2) is 48.9 Å². The van der Waals surface area contributed by atoms with Crippen molar-refractivity contribution in [2.45, 2.75) is 19.4 Å². The molecule has 6 nitrogen and oxygen atoms in total. The van der Waals surface area contributed by atoms with E-state index in [1.807, 2.05) is 24.3 Å². The first-order valence-corrected chi connectivity index (χ1v) is 10.5. The second kappa shape index (κ2) is 8.77. The highest BCUT2D eigenvalue weighted by atomic mass is 35.5. The van der Waals surface area contributed by atoms with Crippen LogP contribution in [-0.4, -0.2) is 34.3 Å². The Labute approximate surface area is 182 Å². The van der Waals surface area contributed by atoms with E-state index in [1.54, 1.807) is 31.6 Å². The van der Waals surface area contributed by atoms with E-state index in [9.17, 15) is 9.59 Å². The summed E-state index contributed by atoms with van der Waals surface area (Å²) in [7, 11) is 0. The zero-order chi connectivity index (χ0) is 21.1. The average Bonchev–Trinajstić information content (AvgIpc) is 3.39.